The van der Waals surface area contributed by atoms with Gasteiger partial charge in [0.2, 0.25) is 0 Å². The number of hydrogen-bond donors (Lipinski definition) is 1. The van der Waals surface area contributed by atoms with Gasteiger partial charge < -0.3 is 15.1 Å². The first-order chi connectivity index (χ1) is 19.6. The van der Waals surface area contributed by atoms with E-state index in [1.807, 2.05) is 47.4 Å². The Labute approximate surface area is 238 Å². The van der Waals surface area contributed by atoms with Gasteiger partial charge in [0.25, 0.3) is 11.8 Å². The van der Waals surface area contributed by atoms with Gasteiger partial charge in [-0.1, -0.05) is 54.6 Å². The molecule has 3 aliphatic rings. The monoisotopic (exact) mass is 548 g/mol. The fourth-order valence-corrected chi connectivity index (χ4v) is 7.07. The molecule has 0 spiro atoms. The summed E-state index contributed by atoms with van der Waals surface area (Å²) in [7, 11) is 0. The van der Waals surface area contributed by atoms with Crippen molar-refractivity contribution in [1.82, 2.24) is 10.3 Å². The van der Waals surface area contributed by atoms with Crippen LogP contribution < -0.4 is 15.1 Å². The zero-order valence-electron chi connectivity index (χ0n) is 22.4. The summed E-state index contributed by atoms with van der Waals surface area (Å²) in [5, 5.41) is 3.10. The second kappa shape index (κ2) is 10.5. The summed E-state index contributed by atoms with van der Waals surface area (Å²) >= 11 is 1.53. The Morgan fingerprint density at radius 1 is 0.850 bits per heavy atom. The number of anilines is 2. The van der Waals surface area contributed by atoms with Crippen molar-refractivity contribution >= 4 is 34.7 Å². The molecular weight excluding hydrogens is 516 g/mol. The first-order valence-corrected chi connectivity index (χ1v) is 15.1. The Morgan fingerprint density at radius 2 is 1.62 bits per heavy atom. The van der Waals surface area contributed by atoms with Crippen molar-refractivity contribution in [3.05, 3.63) is 101 Å². The highest BCUT2D eigenvalue weighted by molar-refractivity contribution is 7.17. The molecule has 4 aromatic rings. The lowest BCUT2D eigenvalue weighted by Crippen LogP contribution is -2.35. The number of carbonyl (C=O) groups is 2. The van der Waals surface area contributed by atoms with Crippen molar-refractivity contribution in [2.24, 2.45) is 0 Å². The molecule has 1 saturated carbocycles. The SMILES string of the molecule is O=C(NC1CC1)c1cc2c(s1)-c1ccccc1N(C(=O)c1cccc(N3CCC(c4ccccc4)CC3)n1)CC2. The maximum atomic E-state index is 13.9. The average molecular weight is 549 g/mol. The van der Waals surface area contributed by atoms with Crippen molar-refractivity contribution < 1.29 is 9.59 Å². The minimum Gasteiger partial charge on any atom is -0.357 e. The number of para-hydroxylation sites is 1. The van der Waals surface area contributed by atoms with Crippen LogP contribution in [0, 0.1) is 0 Å². The maximum Gasteiger partial charge on any atom is 0.276 e. The molecule has 1 aliphatic carbocycles. The van der Waals surface area contributed by atoms with Crippen LogP contribution in [0.15, 0.2) is 78.9 Å². The quantitative estimate of drug-likeness (QED) is 0.318. The number of rotatable bonds is 5. The van der Waals surface area contributed by atoms with Gasteiger partial charge in [0.15, 0.2) is 0 Å². The lowest BCUT2D eigenvalue weighted by molar-refractivity contribution is 0.0952. The third-order valence-electron chi connectivity index (χ3n) is 8.28. The third-order valence-corrected chi connectivity index (χ3v) is 9.49. The Bertz CT molecular complexity index is 1550. The lowest BCUT2D eigenvalue weighted by atomic mass is 9.89. The molecule has 0 bridgehead atoms. The number of nitrogens with one attached hydrogen (secondary N) is 1. The van der Waals surface area contributed by atoms with Crippen LogP contribution in [0.4, 0.5) is 11.5 Å². The molecule has 7 heteroatoms. The van der Waals surface area contributed by atoms with Crippen molar-refractivity contribution in [1.29, 1.82) is 0 Å². The lowest BCUT2D eigenvalue weighted by Gasteiger charge is -2.33. The van der Waals surface area contributed by atoms with E-state index >= 15 is 0 Å². The van der Waals surface area contributed by atoms with Crippen molar-refractivity contribution in [2.45, 2.75) is 44.1 Å². The molecule has 0 atom stereocenters. The van der Waals surface area contributed by atoms with E-state index in [4.69, 9.17) is 4.98 Å². The zero-order valence-corrected chi connectivity index (χ0v) is 23.2. The zero-order chi connectivity index (χ0) is 27.1. The summed E-state index contributed by atoms with van der Waals surface area (Å²) in [6.45, 7) is 2.39. The van der Waals surface area contributed by atoms with E-state index in [2.05, 4.69) is 46.6 Å². The fraction of sp³-hybridized carbons (Fsp3) is 0.303. The van der Waals surface area contributed by atoms with Crippen LogP contribution in [-0.4, -0.2) is 42.5 Å². The predicted molar refractivity (Wildman–Crippen MR) is 160 cm³/mol. The smallest absolute Gasteiger partial charge is 0.276 e. The van der Waals surface area contributed by atoms with E-state index in [0.717, 1.165) is 71.2 Å². The number of nitrogens with zero attached hydrogens (tertiary/aromatic N) is 3. The standard InChI is InChI=1S/C33H32N4O2S/c38-32(34-25-13-14-25)29-21-24-17-20-37(28-11-5-4-9-26(28)31(24)40-29)33(39)27-10-6-12-30(35-27)36-18-15-23(16-19-36)22-7-2-1-3-8-22/h1-12,21,23,25H,13-20H2,(H,34,38). The fourth-order valence-electron chi connectivity index (χ4n) is 5.93. The highest BCUT2D eigenvalue weighted by Gasteiger charge is 2.30. The maximum absolute atomic E-state index is 13.9. The Hall–Kier alpha value is -3.97. The number of hydrogen-bond acceptors (Lipinski definition) is 5. The van der Waals surface area contributed by atoms with Crippen LogP contribution in [0.1, 0.15) is 62.9 Å². The first-order valence-electron chi connectivity index (χ1n) is 14.3. The molecule has 2 amide bonds. The molecule has 1 saturated heterocycles. The van der Waals surface area contributed by atoms with Gasteiger partial charge in [-0.25, -0.2) is 4.98 Å². The van der Waals surface area contributed by atoms with Crippen molar-refractivity contribution in [3.8, 4) is 10.4 Å². The molecule has 40 heavy (non-hydrogen) atoms. The van der Waals surface area contributed by atoms with Crippen LogP contribution >= 0.6 is 11.3 Å². The number of piperidine rings is 1. The largest absolute Gasteiger partial charge is 0.357 e. The second-order valence-electron chi connectivity index (χ2n) is 11.0. The van der Waals surface area contributed by atoms with Gasteiger partial charge in [-0.3, -0.25) is 9.59 Å². The molecule has 0 unspecified atom stereocenters. The Balaban J connectivity index is 1.11. The first kappa shape index (κ1) is 25.0. The topological polar surface area (TPSA) is 65.5 Å². The van der Waals surface area contributed by atoms with Gasteiger partial charge in [0.05, 0.1) is 10.6 Å². The number of thiophene rings is 1. The number of benzene rings is 2. The normalized spacial score (nSPS) is 17.1. The van der Waals surface area contributed by atoms with E-state index in [-0.39, 0.29) is 11.8 Å². The third kappa shape index (κ3) is 4.90. The van der Waals surface area contributed by atoms with E-state index in [1.165, 1.54) is 16.9 Å². The van der Waals surface area contributed by atoms with Crippen LogP contribution in [0.25, 0.3) is 10.4 Å². The molecule has 2 aromatic heterocycles. The van der Waals surface area contributed by atoms with Crippen molar-refractivity contribution in [2.75, 3.05) is 29.4 Å². The molecule has 0 radical (unpaired) electrons. The molecule has 2 aromatic carbocycles. The van der Waals surface area contributed by atoms with Gasteiger partial charge in [-0.15, -0.1) is 11.3 Å². The van der Waals surface area contributed by atoms with Crippen molar-refractivity contribution in [3.63, 3.8) is 0 Å². The highest BCUT2D eigenvalue weighted by Crippen LogP contribution is 2.42. The number of pyridine rings is 1. The summed E-state index contributed by atoms with van der Waals surface area (Å²) in [5.41, 5.74) is 4.86. The number of aromatic nitrogens is 1. The molecule has 4 heterocycles. The van der Waals surface area contributed by atoms with Crippen LogP contribution in [0.5, 0.6) is 0 Å². The minimum atomic E-state index is -0.0877. The summed E-state index contributed by atoms with van der Waals surface area (Å²) in [5.74, 6) is 1.36. The van der Waals surface area contributed by atoms with Gasteiger partial charge in [0.1, 0.15) is 11.5 Å². The summed E-state index contributed by atoms with van der Waals surface area (Å²) < 4.78 is 0. The molecule has 1 N–H and O–H groups in total. The van der Waals surface area contributed by atoms with Gasteiger partial charge in [-0.2, -0.15) is 0 Å². The van der Waals surface area contributed by atoms with Crippen LogP contribution in [-0.2, 0) is 6.42 Å². The van der Waals surface area contributed by atoms with E-state index in [0.29, 0.717) is 30.6 Å². The van der Waals surface area contributed by atoms with E-state index < -0.39 is 0 Å². The number of carbonyl (C=O) groups excluding carboxylic acids is 2. The van der Waals surface area contributed by atoms with Gasteiger partial charge >= 0.3 is 0 Å². The Morgan fingerprint density at radius 3 is 2.42 bits per heavy atom. The summed E-state index contributed by atoms with van der Waals surface area (Å²) in [4.78, 5) is 37.5. The minimum absolute atomic E-state index is 0.0137. The molecule has 6 nitrogen and oxygen atoms in total. The Kier molecular flexibility index (Phi) is 6.60. The molecule has 7 rings (SSSR count). The predicted octanol–water partition coefficient (Wildman–Crippen LogP) is 6.29. The number of amides is 2. The summed E-state index contributed by atoms with van der Waals surface area (Å²) in [6, 6.07) is 26.9. The molecule has 202 valence electrons. The van der Waals surface area contributed by atoms with Crippen LogP contribution in [0.3, 0.4) is 0 Å². The second-order valence-corrected chi connectivity index (χ2v) is 12.0. The van der Waals surface area contributed by atoms with E-state index in [1.54, 1.807) is 0 Å². The molecule has 2 aliphatic heterocycles. The highest BCUT2D eigenvalue weighted by atomic mass is 32.1. The average Bonchev–Trinajstić information content (AvgIpc) is 3.75. The molecular formula is C33H32N4O2S. The number of fused-ring (bicyclic) bond motifs is 3. The molecule has 2 fully saturated rings. The van der Waals surface area contributed by atoms with Gasteiger partial charge in [0, 0.05) is 36.1 Å². The van der Waals surface area contributed by atoms with Crippen LogP contribution in [0.2, 0.25) is 0 Å². The summed E-state index contributed by atoms with van der Waals surface area (Å²) in [6.07, 6.45) is 4.98. The van der Waals surface area contributed by atoms with Gasteiger partial charge in [-0.05, 0) is 73.4 Å². The van der Waals surface area contributed by atoms with E-state index in [9.17, 15) is 9.59 Å².